The molecule has 0 N–H and O–H groups in total. The number of carbonyl (C=O) groups excluding carboxylic acids is 2. The Morgan fingerprint density at radius 2 is 1.89 bits per heavy atom. The van der Waals surface area contributed by atoms with Gasteiger partial charge in [-0.1, -0.05) is 35.5 Å². The van der Waals surface area contributed by atoms with Crippen LogP contribution in [-0.4, -0.2) is 46.6 Å². The molecule has 3 heterocycles. The summed E-state index contributed by atoms with van der Waals surface area (Å²) in [4.78, 5) is 31.3. The van der Waals surface area contributed by atoms with Gasteiger partial charge in [-0.2, -0.15) is 0 Å². The quantitative estimate of drug-likeness (QED) is 0.646. The maximum absolute atomic E-state index is 12.8. The topological polar surface area (TPSA) is 85.5 Å². The second-order valence-electron chi connectivity index (χ2n) is 6.89. The van der Waals surface area contributed by atoms with Gasteiger partial charge in [0.05, 0.1) is 22.3 Å². The molecule has 7 nitrogen and oxygen atoms in total. The highest BCUT2D eigenvalue weighted by atomic mass is 16.5. The van der Waals surface area contributed by atoms with Crippen LogP contribution in [0.4, 0.5) is 0 Å². The Hall–Kier alpha value is -3.22. The van der Waals surface area contributed by atoms with Gasteiger partial charge in [-0.3, -0.25) is 4.79 Å². The number of pyridine rings is 1. The Morgan fingerprint density at radius 3 is 2.64 bits per heavy atom. The third-order valence-electron chi connectivity index (χ3n) is 4.94. The van der Waals surface area contributed by atoms with E-state index in [1.165, 1.54) is 0 Å². The summed E-state index contributed by atoms with van der Waals surface area (Å²) in [7, 11) is 0. The van der Waals surface area contributed by atoms with Crippen LogP contribution >= 0.6 is 0 Å². The number of amides is 1. The van der Waals surface area contributed by atoms with Gasteiger partial charge in [-0.25, -0.2) is 9.78 Å². The summed E-state index contributed by atoms with van der Waals surface area (Å²) in [6.45, 7) is 2.91. The summed E-state index contributed by atoms with van der Waals surface area (Å²) >= 11 is 0. The van der Waals surface area contributed by atoms with Gasteiger partial charge >= 0.3 is 5.97 Å². The van der Waals surface area contributed by atoms with E-state index in [0.717, 1.165) is 37.9 Å². The zero-order chi connectivity index (χ0) is 19.5. The van der Waals surface area contributed by atoms with Crippen LogP contribution < -0.4 is 0 Å². The lowest BCUT2D eigenvalue weighted by Gasteiger charge is -2.26. The first-order chi connectivity index (χ1) is 13.6. The van der Waals surface area contributed by atoms with Crippen molar-refractivity contribution in [3.63, 3.8) is 0 Å². The number of likely N-dealkylation sites (tertiary alicyclic amines) is 1. The molecule has 1 aromatic carbocycles. The van der Waals surface area contributed by atoms with E-state index in [0.29, 0.717) is 22.3 Å². The lowest BCUT2D eigenvalue weighted by atomic mass is 10.1. The smallest absolute Gasteiger partial charge is 0.339 e. The van der Waals surface area contributed by atoms with Crippen LogP contribution in [0.25, 0.3) is 22.4 Å². The number of benzene rings is 1. The van der Waals surface area contributed by atoms with E-state index in [1.807, 2.05) is 30.3 Å². The molecule has 0 spiro atoms. The molecular weight excluding hydrogens is 358 g/mol. The standard InChI is InChI=1S/C21H21N3O4/c1-14-19-16(21(26)27-13-18(25)24-10-6-3-7-11-24)12-17(22-20(19)28-23-14)15-8-4-2-5-9-15/h2,4-5,8-9,12H,3,6-7,10-11,13H2,1H3. The highest BCUT2D eigenvalue weighted by Crippen LogP contribution is 2.27. The number of ether oxygens (including phenoxy) is 1. The highest BCUT2D eigenvalue weighted by Gasteiger charge is 2.23. The van der Waals surface area contributed by atoms with Crippen LogP contribution in [0, 0.1) is 6.92 Å². The van der Waals surface area contributed by atoms with Crippen molar-refractivity contribution in [2.45, 2.75) is 26.2 Å². The molecule has 28 heavy (non-hydrogen) atoms. The lowest BCUT2D eigenvalue weighted by Crippen LogP contribution is -2.38. The Balaban J connectivity index is 1.60. The molecule has 0 radical (unpaired) electrons. The Bertz CT molecular complexity index is 1010. The van der Waals surface area contributed by atoms with Gasteiger partial charge in [0, 0.05) is 18.7 Å². The van der Waals surface area contributed by atoms with Crippen molar-refractivity contribution in [1.82, 2.24) is 15.0 Å². The van der Waals surface area contributed by atoms with Gasteiger partial charge in [0.25, 0.3) is 11.6 Å². The largest absolute Gasteiger partial charge is 0.452 e. The zero-order valence-corrected chi connectivity index (χ0v) is 15.7. The molecule has 1 amide bonds. The van der Waals surface area contributed by atoms with E-state index < -0.39 is 5.97 Å². The Kier molecular flexibility index (Phi) is 5.06. The third-order valence-corrected chi connectivity index (χ3v) is 4.94. The van der Waals surface area contributed by atoms with Crippen LogP contribution in [0.3, 0.4) is 0 Å². The van der Waals surface area contributed by atoms with Gasteiger partial charge in [0.15, 0.2) is 6.61 Å². The van der Waals surface area contributed by atoms with E-state index in [-0.39, 0.29) is 18.2 Å². The Labute approximate surface area is 162 Å². The maximum atomic E-state index is 12.8. The summed E-state index contributed by atoms with van der Waals surface area (Å²) in [6.07, 6.45) is 3.11. The van der Waals surface area contributed by atoms with Crippen molar-refractivity contribution < 1.29 is 18.8 Å². The van der Waals surface area contributed by atoms with Crippen molar-refractivity contribution >= 4 is 23.0 Å². The van der Waals surface area contributed by atoms with Crippen LogP contribution in [0.5, 0.6) is 0 Å². The summed E-state index contributed by atoms with van der Waals surface area (Å²) in [5.74, 6) is -0.745. The average molecular weight is 379 g/mol. The molecule has 1 fully saturated rings. The SMILES string of the molecule is Cc1noc2nc(-c3ccccc3)cc(C(=O)OCC(=O)N3CCCCC3)c12. The zero-order valence-electron chi connectivity index (χ0n) is 15.7. The summed E-state index contributed by atoms with van der Waals surface area (Å²) in [5, 5.41) is 4.43. The maximum Gasteiger partial charge on any atom is 0.339 e. The van der Waals surface area contributed by atoms with Crippen LogP contribution in [0.2, 0.25) is 0 Å². The first-order valence-corrected chi connectivity index (χ1v) is 9.41. The number of esters is 1. The van der Waals surface area contributed by atoms with Crippen LogP contribution in [-0.2, 0) is 9.53 Å². The molecule has 0 bridgehead atoms. The van der Waals surface area contributed by atoms with Crippen LogP contribution in [0.1, 0.15) is 35.3 Å². The van der Waals surface area contributed by atoms with Crippen molar-refractivity contribution in [3.8, 4) is 11.3 Å². The fraction of sp³-hybridized carbons (Fsp3) is 0.333. The van der Waals surface area contributed by atoms with Crippen molar-refractivity contribution in [2.75, 3.05) is 19.7 Å². The molecule has 0 aliphatic carbocycles. The van der Waals surface area contributed by atoms with E-state index in [9.17, 15) is 9.59 Å². The number of hydrogen-bond acceptors (Lipinski definition) is 6. The Morgan fingerprint density at radius 1 is 1.14 bits per heavy atom. The fourth-order valence-corrected chi connectivity index (χ4v) is 3.45. The summed E-state index contributed by atoms with van der Waals surface area (Å²) < 4.78 is 10.6. The lowest BCUT2D eigenvalue weighted by molar-refractivity contribution is -0.135. The third kappa shape index (κ3) is 3.60. The predicted octanol–water partition coefficient (Wildman–Crippen LogP) is 3.37. The van der Waals surface area contributed by atoms with E-state index >= 15 is 0 Å². The molecule has 144 valence electrons. The molecule has 7 heteroatoms. The van der Waals surface area contributed by atoms with Gasteiger partial charge in [0.2, 0.25) is 0 Å². The fourth-order valence-electron chi connectivity index (χ4n) is 3.45. The number of carbonyl (C=O) groups is 2. The molecule has 1 aliphatic heterocycles. The van der Waals surface area contributed by atoms with Gasteiger partial charge in [0.1, 0.15) is 0 Å². The first kappa shape index (κ1) is 18.2. The monoisotopic (exact) mass is 379 g/mol. The summed E-state index contributed by atoms with van der Waals surface area (Å²) in [6, 6.07) is 11.1. The number of hydrogen-bond donors (Lipinski definition) is 0. The number of rotatable bonds is 4. The molecule has 3 aromatic rings. The minimum Gasteiger partial charge on any atom is -0.452 e. The number of fused-ring (bicyclic) bond motifs is 1. The number of piperidine rings is 1. The minimum atomic E-state index is -0.582. The van der Waals surface area contributed by atoms with E-state index in [4.69, 9.17) is 9.26 Å². The van der Waals surface area contributed by atoms with Crippen molar-refractivity contribution in [2.24, 2.45) is 0 Å². The van der Waals surface area contributed by atoms with Crippen molar-refractivity contribution in [1.29, 1.82) is 0 Å². The number of aryl methyl sites for hydroxylation is 1. The van der Waals surface area contributed by atoms with Gasteiger partial charge in [-0.05, 0) is 32.3 Å². The molecule has 0 saturated carbocycles. The second-order valence-corrected chi connectivity index (χ2v) is 6.89. The molecule has 0 unspecified atom stereocenters. The van der Waals surface area contributed by atoms with Gasteiger partial charge in [-0.15, -0.1) is 0 Å². The first-order valence-electron chi connectivity index (χ1n) is 9.41. The number of aromatic nitrogens is 2. The minimum absolute atomic E-state index is 0.163. The van der Waals surface area contributed by atoms with E-state index in [1.54, 1.807) is 17.9 Å². The summed E-state index contributed by atoms with van der Waals surface area (Å²) in [5.41, 5.74) is 2.55. The van der Waals surface area contributed by atoms with Crippen molar-refractivity contribution in [3.05, 3.63) is 47.7 Å². The molecule has 4 rings (SSSR count). The van der Waals surface area contributed by atoms with E-state index in [2.05, 4.69) is 10.1 Å². The average Bonchev–Trinajstić information content (AvgIpc) is 3.13. The molecular formula is C21H21N3O4. The number of nitrogens with zero attached hydrogens (tertiary/aromatic N) is 3. The molecule has 1 saturated heterocycles. The molecule has 0 atom stereocenters. The second kappa shape index (κ2) is 7.80. The molecule has 2 aromatic heterocycles. The normalized spacial score (nSPS) is 14.2. The molecule has 1 aliphatic rings. The van der Waals surface area contributed by atoms with Gasteiger partial charge < -0.3 is 14.2 Å². The highest BCUT2D eigenvalue weighted by molar-refractivity contribution is 6.04. The van der Waals surface area contributed by atoms with Crippen LogP contribution in [0.15, 0.2) is 40.9 Å². The predicted molar refractivity (Wildman–Crippen MR) is 103 cm³/mol.